The molecule has 1 N–H and O–H groups in total. The molecule has 1 amide bonds. The molecule has 190 valence electrons. The number of nitrogens with one attached hydrogen (secondary N) is 1. The number of ether oxygens (including phenoxy) is 2. The number of methoxy groups -OCH3 is 1. The summed E-state index contributed by atoms with van der Waals surface area (Å²) in [5.41, 5.74) is 1.83. The Morgan fingerprint density at radius 1 is 0.972 bits per heavy atom. The highest BCUT2D eigenvalue weighted by molar-refractivity contribution is 7.92. The van der Waals surface area contributed by atoms with Crippen molar-refractivity contribution in [3.05, 3.63) is 77.3 Å². The van der Waals surface area contributed by atoms with Crippen LogP contribution < -0.4 is 19.1 Å². The Labute approximate surface area is 216 Å². The molecule has 1 saturated heterocycles. The summed E-state index contributed by atoms with van der Waals surface area (Å²) in [6, 6.07) is 18.6. The van der Waals surface area contributed by atoms with E-state index in [0.717, 1.165) is 11.4 Å². The molecule has 0 bridgehead atoms. The van der Waals surface area contributed by atoms with Crippen LogP contribution in [0.3, 0.4) is 0 Å². The zero-order valence-corrected chi connectivity index (χ0v) is 21.7. The number of piperazine rings is 1. The fourth-order valence-corrected chi connectivity index (χ4v) is 5.55. The van der Waals surface area contributed by atoms with Crippen LogP contribution in [0.15, 0.2) is 71.6 Å². The summed E-state index contributed by atoms with van der Waals surface area (Å²) in [5, 5.41) is 0.283. The fourth-order valence-electron chi connectivity index (χ4n) is 4.08. The average molecular weight is 530 g/mol. The molecule has 0 radical (unpaired) electrons. The van der Waals surface area contributed by atoms with Crippen LogP contribution in [0.4, 0.5) is 11.4 Å². The number of carbonyl (C=O) groups excluding carboxylic acids is 1. The largest absolute Gasteiger partial charge is 0.495 e. The van der Waals surface area contributed by atoms with Crippen molar-refractivity contribution in [1.29, 1.82) is 0 Å². The quantitative estimate of drug-likeness (QED) is 0.462. The number of hydrogen-bond acceptors (Lipinski definition) is 6. The van der Waals surface area contributed by atoms with Gasteiger partial charge in [-0.25, -0.2) is 8.42 Å². The molecule has 0 aliphatic carbocycles. The molecule has 1 aliphatic heterocycles. The minimum Gasteiger partial charge on any atom is -0.495 e. The number of amides is 1. The summed E-state index contributed by atoms with van der Waals surface area (Å²) >= 11 is 6.02. The maximum Gasteiger partial charge on any atom is 0.265 e. The van der Waals surface area contributed by atoms with Crippen molar-refractivity contribution in [3.8, 4) is 11.5 Å². The van der Waals surface area contributed by atoms with Gasteiger partial charge < -0.3 is 19.3 Å². The number of sulfonamides is 1. The number of carbonyl (C=O) groups is 1. The monoisotopic (exact) mass is 529 g/mol. The van der Waals surface area contributed by atoms with Gasteiger partial charge in [0.25, 0.3) is 15.9 Å². The van der Waals surface area contributed by atoms with Gasteiger partial charge >= 0.3 is 0 Å². The number of benzene rings is 3. The summed E-state index contributed by atoms with van der Waals surface area (Å²) in [6.45, 7) is 4.60. The molecule has 4 rings (SSSR count). The Morgan fingerprint density at radius 2 is 1.67 bits per heavy atom. The van der Waals surface area contributed by atoms with Gasteiger partial charge in [-0.2, -0.15) is 0 Å². The predicted molar refractivity (Wildman–Crippen MR) is 141 cm³/mol. The third-order valence-corrected chi connectivity index (χ3v) is 7.51. The summed E-state index contributed by atoms with van der Waals surface area (Å²) in [6.07, 6.45) is 0. The van der Waals surface area contributed by atoms with E-state index >= 15 is 0 Å². The zero-order chi connectivity index (χ0) is 25.7. The SMILES string of the molecule is CCOc1ccc(Cl)cc1S(=O)(=O)Nc1ccc(C(=O)N2CCN(c3ccccc3OC)CC2)cc1. The zero-order valence-electron chi connectivity index (χ0n) is 20.1. The Bertz CT molecular complexity index is 1320. The van der Waals surface area contributed by atoms with E-state index in [-0.39, 0.29) is 21.6 Å². The van der Waals surface area contributed by atoms with Crippen molar-refractivity contribution in [3.63, 3.8) is 0 Å². The average Bonchev–Trinajstić information content (AvgIpc) is 2.89. The van der Waals surface area contributed by atoms with Crippen molar-refractivity contribution in [2.45, 2.75) is 11.8 Å². The van der Waals surface area contributed by atoms with E-state index in [1.165, 1.54) is 12.1 Å². The Morgan fingerprint density at radius 3 is 2.33 bits per heavy atom. The highest BCUT2D eigenvalue weighted by Gasteiger charge is 2.24. The molecular weight excluding hydrogens is 502 g/mol. The standard InChI is InChI=1S/C26H28ClN3O5S/c1-3-35-24-13-10-20(27)18-25(24)36(32,33)28-21-11-8-19(9-12-21)26(31)30-16-14-29(15-17-30)22-6-4-5-7-23(22)34-2/h4-13,18,28H,3,14-17H2,1-2H3. The molecule has 0 atom stereocenters. The van der Waals surface area contributed by atoms with Crippen LogP contribution in [0.25, 0.3) is 0 Å². The maximum atomic E-state index is 13.1. The Hall–Kier alpha value is -3.43. The van der Waals surface area contributed by atoms with Crippen molar-refractivity contribution in [2.24, 2.45) is 0 Å². The van der Waals surface area contributed by atoms with E-state index in [2.05, 4.69) is 9.62 Å². The van der Waals surface area contributed by atoms with Crippen molar-refractivity contribution in [1.82, 2.24) is 4.90 Å². The second-order valence-electron chi connectivity index (χ2n) is 8.16. The summed E-state index contributed by atoms with van der Waals surface area (Å²) in [4.78, 5) is 17.0. The molecule has 0 aromatic heterocycles. The first kappa shape index (κ1) is 25.7. The fraction of sp³-hybridized carbons (Fsp3) is 0.269. The first-order chi connectivity index (χ1) is 17.3. The molecule has 10 heteroatoms. The van der Waals surface area contributed by atoms with Gasteiger partial charge in [0.1, 0.15) is 16.4 Å². The van der Waals surface area contributed by atoms with Crippen molar-refractivity contribution in [2.75, 3.05) is 49.5 Å². The molecular formula is C26H28ClN3O5S. The van der Waals surface area contributed by atoms with Crippen LogP contribution in [-0.4, -0.2) is 59.1 Å². The molecule has 3 aromatic rings. The normalized spacial score (nSPS) is 13.9. The number of hydrogen-bond donors (Lipinski definition) is 1. The number of halogens is 1. The molecule has 0 saturated carbocycles. The molecule has 0 unspecified atom stereocenters. The first-order valence-electron chi connectivity index (χ1n) is 11.5. The van der Waals surface area contributed by atoms with E-state index in [1.807, 2.05) is 24.3 Å². The highest BCUT2D eigenvalue weighted by atomic mass is 35.5. The first-order valence-corrected chi connectivity index (χ1v) is 13.4. The molecule has 36 heavy (non-hydrogen) atoms. The lowest BCUT2D eigenvalue weighted by molar-refractivity contribution is 0.0746. The number of anilines is 2. The Balaban J connectivity index is 1.41. The third-order valence-electron chi connectivity index (χ3n) is 5.87. The van der Waals surface area contributed by atoms with Gasteiger partial charge in [-0.15, -0.1) is 0 Å². The maximum absolute atomic E-state index is 13.1. The number of nitrogens with zero attached hydrogens (tertiary/aromatic N) is 2. The molecule has 1 heterocycles. The van der Waals surface area contributed by atoms with E-state index in [1.54, 1.807) is 49.3 Å². The summed E-state index contributed by atoms with van der Waals surface area (Å²) in [5.74, 6) is 0.924. The Kier molecular flexibility index (Phi) is 7.91. The van der Waals surface area contributed by atoms with Crippen LogP contribution in [0.5, 0.6) is 11.5 Å². The van der Waals surface area contributed by atoms with Crippen molar-refractivity contribution >= 4 is 38.9 Å². The van der Waals surface area contributed by atoms with Gasteiger partial charge in [-0.3, -0.25) is 9.52 Å². The topological polar surface area (TPSA) is 88.2 Å². The second-order valence-corrected chi connectivity index (χ2v) is 10.2. The molecule has 8 nitrogen and oxygen atoms in total. The number of rotatable bonds is 8. The molecule has 1 aliphatic rings. The minimum atomic E-state index is -3.95. The van der Waals surface area contributed by atoms with Gasteiger partial charge in [-0.1, -0.05) is 23.7 Å². The third kappa shape index (κ3) is 5.68. The lowest BCUT2D eigenvalue weighted by atomic mass is 10.1. The second kappa shape index (κ2) is 11.1. The lowest BCUT2D eigenvalue weighted by Crippen LogP contribution is -2.48. The molecule has 0 spiro atoms. The van der Waals surface area contributed by atoms with Gasteiger partial charge in [-0.05, 0) is 61.5 Å². The molecule has 3 aromatic carbocycles. The lowest BCUT2D eigenvalue weighted by Gasteiger charge is -2.36. The van der Waals surface area contributed by atoms with Crippen LogP contribution in [0, 0.1) is 0 Å². The van der Waals surface area contributed by atoms with Crippen LogP contribution in [-0.2, 0) is 10.0 Å². The summed E-state index contributed by atoms with van der Waals surface area (Å²) in [7, 11) is -2.30. The number of para-hydroxylation sites is 2. The van der Waals surface area contributed by atoms with E-state index in [4.69, 9.17) is 21.1 Å². The van der Waals surface area contributed by atoms with E-state index in [0.29, 0.717) is 44.0 Å². The van der Waals surface area contributed by atoms with E-state index < -0.39 is 10.0 Å². The van der Waals surface area contributed by atoms with Gasteiger partial charge in [0.05, 0.1) is 19.4 Å². The predicted octanol–water partition coefficient (Wildman–Crippen LogP) is 4.51. The molecule has 1 fully saturated rings. The van der Waals surface area contributed by atoms with Gasteiger partial charge in [0, 0.05) is 42.5 Å². The van der Waals surface area contributed by atoms with Crippen molar-refractivity contribution < 1.29 is 22.7 Å². The van der Waals surface area contributed by atoms with Gasteiger partial charge in [0.15, 0.2) is 0 Å². The highest BCUT2D eigenvalue weighted by Crippen LogP contribution is 2.30. The van der Waals surface area contributed by atoms with Crippen LogP contribution in [0.2, 0.25) is 5.02 Å². The minimum absolute atomic E-state index is 0.0510. The smallest absolute Gasteiger partial charge is 0.265 e. The summed E-state index contributed by atoms with van der Waals surface area (Å²) < 4.78 is 39.4. The van der Waals surface area contributed by atoms with E-state index in [9.17, 15) is 13.2 Å². The van der Waals surface area contributed by atoms with Crippen LogP contribution >= 0.6 is 11.6 Å². The van der Waals surface area contributed by atoms with Gasteiger partial charge in [0.2, 0.25) is 0 Å². The van der Waals surface area contributed by atoms with Crippen LogP contribution in [0.1, 0.15) is 17.3 Å².